The zero-order chi connectivity index (χ0) is 16.9. The number of furan rings is 1. The number of nitrogens with zero attached hydrogens (tertiary/aromatic N) is 2. The molecule has 1 aromatic carbocycles. The molecule has 0 aliphatic heterocycles. The molecule has 0 radical (unpaired) electrons. The molecule has 0 bridgehead atoms. The van der Waals surface area contributed by atoms with E-state index in [9.17, 15) is 4.79 Å². The Morgan fingerprint density at radius 3 is 2.62 bits per heavy atom. The van der Waals surface area contributed by atoms with Gasteiger partial charge in [-0.15, -0.1) is 0 Å². The number of amides is 1. The first kappa shape index (κ1) is 16.1. The zero-order valence-electron chi connectivity index (χ0n) is 14.0. The van der Waals surface area contributed by atoms with E-state index in [2.05, 4.69) is 16.5 Å². The number of carbonyl (C=O) groups excluding carboxylic acids is 1. The van der Waals surface area contributed by atoms with Crippen molar-refractivity contribution in [2.75, 3.05) is 6.54 Å². The maximum atomic E-state index is 12.2. The van der Waals surface area contributed by atoms with Gasteiger partial charge in [0.15, 0.2) is 0 Å². The van der Waals surface area contributed by atoms with Gasteiger partial charge in [-0.05, 0) is 50.6 Å². The first-order chi connectivity index (χ1) is 11.6. The van der Waals surface area contributed by atoms with E-state index in [1.54, 1.807) is 6.26 Å². The molecule has 124 valence electrons. The van der Waals surface area contributed by atoms with Crippen molar-refractivity contribution in [2.45, 2.75) is 26.8 Å². The molecular formula is C19H21N3O2. The Kier molecular flexibility index (Phi) is 4.79. The van der Waals surface area contributed by atoms with E-state index in [0.717, 1.165) is 35.7 Å². The topological polar surface area (TPSA) is 60.1 Å². The summed E-state index contributed by atoms with van der Waals surface area (Å²) in [6, 6.07) is 13.2. The lowest BCUT2D eigenvalue weighted by atomic mass is 10.1. The van der Waals surface area contributed by atoms with Gasteiger partial charge in [-0.3, -0.25) is 9.48 Å². The van der Waals surface area contributed by atoms with Crippen LogP contribution in [0.25, 0.3) is 11.3 Å². The predicted octanol–water partition coefficient (Wildman–Crippen LogP) is 3.58. The summed E-state index contributed by atoms with van der Waals surface area (Å²) >= 11 is 0. The Labute approximate surface area is 141 Å². The van der Waals surface area contributed by atoms with Crippen LogP contribution in [-0.2, 0) is 6.54 Å². The van der Waals surface area contributed by atoms with Crippen molar-refractivity contribution >= 4 is 5.91 Å². The second-order valence-corrected chi connectivity index (χ2v) is 5.81. The SMILES string of the molecule is Cc1cc(C)n(CCCNC(=O)c2ccc(-c3ccco3)cc2)n1. The van der Waals surface area contributed by atoms with Gasteiger partial charge in [-0.1, -0.05) is 12.1 Å². The first-order valence-electron chi connectivity index (χ1n) is 8.07. The van der Waals surface area contributed by atoms with Crippen LogP contribution in [0.4, 0.5) is 0 Å². The molecule has 0 spiro atoms. The molecule has 5 nitrogen and oxygen atoms in total. The van der Waals surface area contributed by atoms with Gasteiger partial charge in [0.1, 0.15) is 5.76 Å². The molecule has 3 aromatic rings. The minimum absolute atomic E-state index is 0.0608. The van der Waals surface area contributed by atoms with Crippen LogP contribution in [0.15, 0.2) is 53.1 Å². The number of aryl methyl sites for hydroxylation is 3. The van der Waals surface area contributed by atoms with Gasteiger partial charge in [0.25, 0.3) is 5.91 Å². The minimum atomic E-state index is -0.0608. The lowest BCUT2D eigenvalue weighted by Gasteiger charge is -2.07. The summed E-state index contributed by atoms with van der Waals surface area (Å²) in [6.45, 7) is 5.45. The average Bonchev–Trinajstić information content (AvgIpc) is 3.21. The normalized spacial score (nSPS) is 10.8. The second-order valence-electron chi connectivity index (χ2n) is 5.81. The molecule has 5 heteroatoms. The van der Waals surface area contributed by atoms with Gasteiger partial charge in [0, 0.05) is 29.9 Å². The van der Waals surface area contributed by atoms with Gasteiger partial charge in [-0.2, -0.15) is 5.10 Å². The molecule has 1 N–H and O–H groups in total. The lowest BCUT2D eigenvalue weighted by Crippen LogP contribution is -2.25. The lowest BCUT2D eigenvalue weighted by molar-refractivity contribution is 0.0952. The Morgan fingerprint density at radius 2 is 2.00 bits per heavy atom. The Morgan fingerprint density at radius 1 is 1.21 bits per heavy atom. The molecule has 2 aromatic heterocycles. The van der Waals surface area contributed by atoms with Crippen LogP contribution in [-0.4, -0.2) is 22.2 Å². The van der Waals surface area contributed by atoms with Crippen molar-refractivity contribution < 1.29 is 9.21 Å². The Bertz CT molecular complexity index is 802. The number of hydrogen-bond acceptors (Lipinski definition) is 3. The monoisotopic (exact) mass is 323 g/mol. The van der Waals surface area contributed by atoms with Crippen LogP contribution in [0.5, 0.6) is 0 Å². The van der Waals surface area contributed by atoms with Crippen LogP contribution >= 0.6 is 0 Å². The molecule has 3 rings (SSSR count). The molecule has 1 amide bonds. The summed E-state index contributed by atoms with van der Waals surface area (Å²) in [4.78, 5) is 12.2. The number of benzene rings is 1. The van der Waals surface area contributed by atoms with Gasteiger partial charge in [0.05, 0.1) is 12.0 Å². The largest absolute Gasteiger partial charge is 0.464 e. The molecule has 0 unspecified atom stereocenters. The number of rotatable bonds is 6. The van der Waals surface area contributed by atoms with Crippen molar-refractivity contribution in [2.24, 2.45) is 0 Å². The quantitative estimate of drug-likeness (QED) is 0.705. The first-order valence-corrected chi connectivity index (χ1v) is 8.07. The van der Waals surface area contributed by atoms with E-state index >= 15 is 0 Å². The summed E-state index contributed by atoms with van der Waals surface area (Å²) in [6.07, 6.45) is 2.48. The third-order valence-electron chi connectivity index (χ3n) is 3.89. The van der Waals surface area contributed by atoms with Crippen molar-refractivity contribution in [3.05, 3.63) is 65.7 Å². The summed E-state index contributed by atoms with van der Waals surface area (Å²) in [5, 5.41) is 7.36. The Hall–Kier alpha value is -2.82. The van der Waals surface area contributed by atoms with E-state index in [-0.39, 0.29) is 5.91 Å². The average molecular weight is 323 g/mol. The Balaban J connectivity index is 1.49. The van der Waals surface area contributed by atoms with E-state index in [4.69, 9.17) is 4.42 Å². The maximum absolute atomic E-state index is 12.2. The van der Waals surface area contributed by atoms with Gasteiger partial charge < -0.3 is 9.73 Å². The van der Waals surface area contributed by atoms with E-state index in [1.807, 2.05) is 54.9 Å². The molecule has 0 atom stereocenters. The second kappa shape index (κ2) is 7.17. The molecule has 0 aliphatic carbocycles. The number of hydrogen-bond donors (Lipinski definition) is 1. The molecule has 24 heavy (non-hydrogen) atoms. The summed E-state index contributed by atoms with van der Waals surface area (Å²) in [5.74, 6) is 0.737. The molecule has 2 heterocycles. The van der Waals surface area contributed by atoms with Gasteiger partial charge in [0.2, 0.25) is 0 Å². The third-order valence-corrected chi connectivity index (χ3v) is 3.89. The van der Waals surface area contributed by atoms with Crippen LogP contribution in [0.1, 0.15) is 28.2 Å². The fraction of sp³-hybridized carbons (Fsp3) is 0.263. The van der Waals surface area contributed by atoms with Gasteiger partial charge in [-0.25, -0.2) is 0 Å². The van der Waals surface area contributed by atoms with Crippen LogP contribution < -0.4 is 5.32 Å². The predicted molar refractivity (Wildman–Crippen MR) is 92.8 cm³/mol. The highest BCUT2D eigenvalue weighted by atomic mass is 16.3. The maximum Gasteiger partial charge on any atom is 0.251 e. The zero-order valence-corrected chi connectivity index (χ0v) is 14.0. The van der Waals surface area contributed by atoms with Crippen molar-refractivity contribution in [1.29, 1.82) is 0 Å². The van der Waals surface area contributed by atoms with Crippen LogP contribution in [0, 0.1) is 13.8 Å². The number of carbonyl (C=O) groups is 1. The number of nitrogens with one attached hydrogen (secondary N) is 1. The molecule has 0 aliphatic rings. The molecular weight excluding hydrogens is 302 g/mol. The standard InChI is InChI=1S/C19H21N3O2/c1-14-13-15(2)22(21-14)11-4-10-20-19(23)17-8-6-16(7-9-17)18-5-3-12-24-18/h3,5-9,12-13H,4,10-11H2,1-2H3,(H,20,23). The highest BCUT2D eigenvalue weighted by Gasteiger charge is 2.07. The third kappa shape index (κ3) is 3.74. The van der Waals surface area contributed by atoms with E-state index < -0.39 is 0 Å². The van der Waals surface area contributed by atoms with E-state index in [1.165, 1.54) is 0 Å². The van der Waals surface area contributed by atoms with Gasteiger partial charge >= 0.3 is 0 Å². The van der Waals surface area contributed by atoms with Crippen LogP contribution in [0.3, 0.4) is 0 Å². The summed E-state index contributed by atoms with van der Waals surface area (Å²) < 4.78 is 7.32. The summed E-state index contributed by atoms with van der Waals surface area (Å²) in [5.41, 5.74) is 3.78. The molecule has 0 fully saturated rings. The number of aromatic nitrogens is 2. The summed E-state index contributed by atoms with van der Waals surface area (Å²) in [7, 11) is 0. The fourth-order valence-corrected chi connectivity index (χ4v) is 2.66. The van der Waals surface area contributed by atoms with Crippen molar-refractivity contribution in [1.82, 2.24) is 15.1 Å². The van der Waals surface area contributed by atoms with Crippen molar-refractivity contribution in [3.63, 3.8) is 0 Å². The van der Waals surface area contributed by atoms with Crippen molar-refractivity contribution in [3.8, 4) is 11.3 Å². The minimum Gasteiger partial charge on any atom is -0.464 e. The van der Waals surface area contributed by atoms with Crippen LogP contribution in [0.2, 0.25) is 0 Å². The fourth-order valence-electron chi connectivity index (χ4n) is 2.66. The van der Waals surface area contributed by atoms with E-state index in [0.29, 0.717) is 12.1 Å². The molecule has 0 saturated carbocycles. The highest BCUT2D eigenvalue weighted by molar-refractivity contribution is 5.94. The highest BCUT2D eigenvalue weighted by Crippen LogP contribution is 2.19. The molecule has 0 saturated heterocycles. The smallest absolute Gasteiger partial charge is 0.251 e.